The van der Waals surface area contributed by atoms with Crippen molar-refractivity contribution in [3.63, 3.8) is 0 Å². The Hall–Kier alpha value is -13.5. The number of benzene rings is 17. The van der Waals surface area contributed by atoms with E-state index in [1.807, 2.05) is 0 Å². The summed E-state index contributed by atoms with van der Waals surface area (Å²) in [5.41, 5.74) is 44.9. The van der Waals surface area contributed by atoms with Gasteiger partial charge in [-0.3, -0.25) is 0 Å². The van der Waals surface area contributed by atoms with Crippen LogP contribution in [0.25, 0.3) is 167 Å². The van der Waals surface area contributed by atoms with E-state index in [0.717, 1.165) is 167 Å². The summed E-state index contributed by atoms with van der Waals surface area (Å²) in [7, 11) is 0. The van der Waals surface area contributed by atoms with Gasteiger partial charge in [0.2, 0.25) is 0 Å². The van der Waals surface area contributed by atoms with E-state index in [2.05, 4.69) is 530 Å². The van der Waals surface area contributed by atoms with Crippen LogP contribution in [-0.2, 0) is 48.7 Å². The SMILES string of the molecule is CC(C)(C)c1ccc(-c2cc(-c3ccc(C(C)(C)C)cc3)cc(-c3cc(-c4cc(-c5ccc(C(C)(C)C)cc5)cc(-c5ccc(C(C)(C)C)cc5)c4)cc(C4(c5cc(-c6cc(-c7ccc(C(C)(C)C)cc7)cc(-c7ccc(C(C)(C)C)cc7)c6)cc(-c6cc(-c7ccc(C(C)(C)C)cc7)cc(-c7ccc(C(C)(C)C)cc7)c6)c5)c5ccccc5-c5c4ccc4oc6ccccc6c54)c3)c2)cc1. The molecule has 19 rings (SSSR count). The van der Waals surface area contributed by atoms with Crippen molar-refractivity contribution in [2.45, 2.75) is 215 Å². The van der Waals surface area contributed by atoms with E-state index in [1.165, 1.54) is 66.8 Å². The molecule has 0 atom stereocenters. The van der Waals surface area contributed by atoms with Gasteiger partial charge in [-0.25, -0.2) is 0 Å². The number of para-hydroxylation sites is 1. The predicted octanol–water partition coefficient (Wildman–Crippen LogP) is 38.3. The lowest BCUT2D eigenvalue weighted by Gasteiger charge is -2.35. The molecule has 0 radical (unpaired) electrons. The van der Waals surface area contributed by atoms with E-state index >= 15 is 0 Å². The number of rotatable bonds is 14. The predicted molar refractivity (Wildman–Crippen MR) is 586 cm³/mol. The summed E-state index contributed by atoms with van der Waals surface area (Å²) >= 11 is 0. The molecule has 18 aromatic rings. The minimum absolute atomic E-state index is 0.0417. The standard InChI is InChI=1S/C135H132O/c1-127(2,3)109-49-33-85(34-50-109)93-67-94(86-35-51-110(52-36-86)128(4,5)6)72-101(71-93)105-79-106(102-73-95(87-37-53-111(54-38-87)129(7,8)9)68-96(74-102)88-39-55-112(56-40-88)130(10,11)12)82-117(81-105)135(121-31-27-25-29-119(121)125-122(135)65-66-124-126(125)120-30-26-28-32-123(120)136-124)118-83-107(103-75-97(89-41-57-113(58-42-89)131(13,14)15)69-98(76-103)90-43-59-114(60-44-90)132(16,17)18)80-108(84-118)104-77-99(91-45-61-115(62-46-91)133(19,20)21)70-100(78-104)92-47-63-116(64-48-92)134(22,23)24/h25-84H,1-24H3. The van der Waals surface area contributed by atoms with Gasteiger partial charge >= 0.3 is 0 Å². The second-order valence-electron chi connectivity index (χ2n) is 47.2. The fourth-order valence-electron chi connectivity index (χ4n) is 20.5. The van der Waals surface area contributed by atoms with Gasteiger partial charge in [0.1, 0.15) is 11.2 Å². The average molecular weight is 1770 g/mol. The smallest absolute Gasteiger partial charge is 0.136 e. The minimum atomic E-state index is -1.09. The van der Waals surface area contributed by atoms with Gasteiger partial charge in [-0.2, -0.15) is 0 Å². The highest BCUT2D eigenvalue weighted by Crippen LogP contribution is 2.61. The molecule has 0 spiro atoms. The van der Waals surface area contributed by atoms with E-state index in [1.54, 1.807) is 0 Å². The molecule has 1 nitrogen and oxygen atoms in total. The Bertz CT molecular complexity index is 6530. The zero-order valence-corrected chi connectivity index (χ0v) is 84.5. The monoisotopic (exact) mass is 1770 g/mol. The van der Waals surface area contributed by atoms with Crippen molar-refractivity contribution in [3.8, 4) is 145 Å². The van der Waals surface area contributed by atoms with Gasteiger partial charge in [-0.05, 0) is 376 Å². The van der Waals surface area contributed by atoms with Crippen molar-refractivity contribution in [2.75, 3.05) is 0 Å². The summed E-state index contributed by atoms with van der Waals surface area (Å²) in [6, 6.07) is 143. The molecular formula is C135H132O. The molecule has 0 saturated carbocycles. The highest BCUT2D eigenvalue weighted by molar-refractivity contribution is 6.16. The minimum Gasteiger partial charge on any atom is -0.456 e. The third-order valence-electron chi connectivity index (χ3n) is 29.0. The Morgan fingerprint density at radius 1 is 0.162 bits per heavy atom. The molecule has 1 aliphatic rings. The van der Waals surface area contributed by atoms with Crippen molar-refractivity contribution in [2.24, 2.45) is 0 Å². The van der Waals surface area contributed by atoms with E-state index in [9.17, 15) is 0 Å². The fraction of sp³-hybridized carbons (Fsp3) is 0.244. The summed E-state index contributed by atoms with van der Waals surface area (Å²) in [5, 5.41) is 2.19. The van der Waals surface area contributed by atoms with E-state index in [4.69, 9.17) is 4.42 Å². The highest BCUT2D eigenvalue weighted by Gasteiger charge is 2.48. The summed E-state index contributed by atoms with van der Waals surface area (Å²) in [4.78, 5) is 0. The molecule has 1 heteroatoms. The second kappa shape index (κ2) is 34.1. The lowest BCUT2D eigenvalue weighted by molar-refractivity contribution is 0.590. The quantitative estimate of drug-likeness (QED) is 0.106. The van der Waals surface area contributed by atoms with Crippen molar-refractivity contribution in [1.82, 2.24) is 0 Å². The van der Waals surface area contributed by atoms with Crippen LogP contribution in [0.2, 0.25) is 0 Å². The first-order chi connectivity index (χ1) is 64.3. The van der Waals surface area contributed by atoms with Crippen molar-refractivity contribution in [1.29, 1.82) is 0 Å². The van der Waals surface area contributed by atoms with Crippen LogP contribution in [0.5, 0.6) is 0 Å². The van der Waals surface area contributed by atoms with Crippen molar-refractivity contribution < 1.29 is 4.42 Å². The first kappa shape index (κ1) is 91.6. The van der Waals surface area contributed by atoms with Crippen LogP contribution < -0.4 is 0 Å². The zero-order chi connectivity index (χ0) is 95.9. The fourth-order valence-corrected chi connectivity index (χ4v) is 20.5. The molecule has 0 N–H and O–H groups in total. The van der Waals surface area contributed by atoms with Gasteiger partial charge in [-0.15, -0.1) is 0 Å². The largest absolute Gasteiger partial charge is 0.456 e. The molecule has 0 amide bonds. The molecule has 0 bridgehead atoms. The lowest BCUT2D eigenvalue weighted by atomic mass is 9.66. The van der Waals surface area contributed by atoms with Crippen molar-refractivity contribution >= 4 is 21.9 Å². The topological polar surface area (TPSA) is 13.1 Å². The third kappa shape index (κ3) is 18.0. The van der Waals surface area contributed by atoms with Crippen LogP contribution in [0.1, 0.15) is 233 Å². The Kier molecular flexibility index (Phi) is 23.0. The molecule has 0 saturated heterocycles. The van der Waals surface area contributed by atoms with E-state index in [0.29, 0.717) is 0 Å². The normalized spacial score (nSPS) is 13.2. The maximum Gasteiger partial charge on any atom is 0.136 e. The van der Waals surface area contributed by atoms with Gasteiger partial charge < -0.3 is 4.42 Å². The van der Waals surface area contributed by atoms with Gasteiger partial charge in [0.15, 0.2) is 0 Å². The van der Waals surface area contributed by atoms with Crippen molar-refractivity contribution in [3.05, 3.63) is 431 Å². The molecule has 1 aliphatic carbocycles. The molecule has 678 valence electrons. The van der Waals surface area contributed by atoms with Crippen LogP contribution >= 0.6 is 0 Å². The van der Waals surface area contributed by atoms with Gasteiger partial charge in [-0.1, -0.05) is 409 Å². The molecule has 1 heterocycles. The van der Waals surface area contributed by atoms with Gasteiger partial charge in [0.05, 0.1) is 5.41 Å². The van der Waals surface area contributed by atoms with Gasteiger partial charge in [0.25, 0.3) is 0 Å². The van der Waals surface area contributed by atoms with Crippen LogP contribution in [-0.4, -0.2) is 0 Å². The van der Waals surface area contributed by atoms with Gasteiger partial charge in [0, 0.05) is 10.8 Å². The van der Waals surface area contributed by atoms with E-state index < -0.39 is 5.41 Å². The maximum absolute atomic E-state index is 7.15. The molecule has 0 unspecified atom stereocenters. The average Bonchev–Trinajstić information content (AvgIpc) is 1.51. The zero-order valence-electron chi connectivity index (χ0n) is 84.5. The number of fused-ring (bicyclic) bond motifs is 7. The number of hydrogen-bond donors (Lipinski definition) is 0. The number of hydrogen-bond acceptors (Lipinski definition) is 1. The summed E-state index contributed by atoms with van der Waals surface area (Å²) < 4.78 is 7.15. The van der Waals surface area contributed by atoms with Crippen LogP contribution in [0.3, 0.4) is 0 Å². The van der Waals surface area contributed by atoms with Crippen LogP contribution in [0.4, 0.5) is 0 Å². The molecule has 17 aromatic carbocycles. The summed E-state index contributed by atoms with van der Waals surface area (Å²) in [6.45, 7) is 55.5. The Morgan fingerprint density at radius 2 is 0.353 bits per heavy atom. The Balaban J connectivity index is 0.981. The maximum atomic E-state index is 7.15. The highest BCUT2D eigenvalue weighted by atomic mass is 16.3. The summed E-state index contributed by atoms with van der Waals surface area (Å²) in [5.74, 6) is 0. The molecule has 0 aliphatic heterocycles. The molecular weight excluding hydrogens is 1640 g/mol. The van der Waals surface area contributed by atoms with Crippen LogP contribution in [0.15, 0.2) is 368 Å². The van der Waals surface area contributed by atoms with Crippen LogP contribution in [0, 0.1) is 0 Å². The second-order valence-corrected chi connectivity index (χ2v) is 47.2. The Labute approximate surface area is 810 Å². The first-order valence-electron chi connectivity index (χ1n) is 49.2. The molecule has 136 heavy (non-hydrogen) atoms. The lowest BCUT2D eigenvalue weighted by Crippen LogP contribution is -2.29. The first-order valence-corrected chi connectivity index (χ1v) is 49.2. The summed E-state index contributed by atoms with van der Waals surface area (Å²) in [6.07, 6.45) is 0. The third-order valence-corrected chi connectivity index (χ3v) is 29.0. The Morgan fingerprint density at radius 3 is 0.574 bits per heavy atom. The molecule has 1 aromatic heterocycles. The molecule has 0 fully saturated rings. The van der Waals surface area contributed by atoms with E-state index in [-0.39, 0.29) is 43.3 Å². The number of furan rings is 1.